The number of nitrogens with one attached hydrogen (secondary N) is 1. The van der Waals surface area contributed by atoms with Crippen molar-refractivity contribution in [3.63, 3.8) is 0 Å². The minimum absolute atomic E-state index is 0.249. The van der Waals surface area contributed by atoms with Gasteiger partial charge in [0.1, 0.15) is 0 Å². The molecule has 100 valence electrons. The molecule has 0 aliphatic heterocycles. The first-order chi connectivity index (χ1) is 9.11. The van der Waals surface area contributed by atoms with Gasteiger partial charge in [0.15, 0.2) is 0 Å². The molecule has 0 radical (unpaired) electrons. The lowest BCUT2D eigenvalue weighted by Gasteiger charge is -2.14. The molecule has 19 heavy (non-hydrogen) atoms. The van der Waals surface area contributed by atoms with Crippen molar-refractivity contribution in [2.45, 2.75) is 11.3 Å². The van der Waals surface area contributed by atoms with Crippen LogP contribution in [0.5, 0.6) is 0 Å². The summed E-state index contributed by atoms with van der Waals surface area (Å²) in [5.41, 5.74) is 2.76. The second kappa shape index (κ2) is 6.19. The van der Waals surface area contributed by atoms with E-state index in [1.54, 1.807) is 12.1 Å². The molecule has 0 bridgehead atoms. The molecule has 1 unspecified atom stereocenters. The van der Waals surface area contributed by atoms with E-state index in [0.29, 0.717) is 11.4 Å². The SMILES string of the molecule is CNc1ccccc1Cc1ccc(Cl)cc1S(=O)[O-]. The van der Waals surface area contributed by atoms with Gasteiger partial charge in [-0.3, -0.25) is 4.21 Å². The van der Waals surface area contributed by atoms with Crippen molar-refractivity contribution in [1.29, 1.82) is 0 Å². The molecular weight excluding hydrogens is 282 g/mol. The number of anilines is 1. The number of benzene rings is 2. The van der Waals surface area contributed by atoms with Gasteiger partial charge in [0.05, 0.1) is 0 Å². The van der Waals surface area contributed by atoms with Crippen molar-refractivity contribution in [2.24, 2.45) is 0 Å². The molecule has 0 aliphatic rings. The molecule has 0 fully saturated rings. The van der Waals surface area contributed by atoms with Crippen molar-refractivity contribution < 1.29 is 8.76 Å². The molecule has 2 aromatic carbocycles. The van der Waals surface area contributed by atoms with Gasteiger partial charge in [0.25, 0.3) is 0 Å². The Hall–Kier alpha value is -1.36. The maximum Gasteiger partial charge on any atom is 0.0417 e. The van der Waals surface area contributed by atoms with Gasteiger partial charge in [-0.25, -0.2) is 0 Å². The van der Waals surface area contributed by atoms with Crippen LogP contribution in [0.4, 0.5) is 5.69 Å². The zero-order chi connectivity index (χ0) is 13.8. The highest BCUT2D eigenvalue weighted by atomic mass is 35.5. The number of rotatable bonds is 4. The van der Waals surface area contributed by atoms with Gasteiger partial charge in [0, 0.05) is 29.1 Å². The van der Waals surface area contributed by atoms with Crippen LogP contribution in [0, 0.1) is 0 Å². The third-order valence-electron chi connectivity index (χ3n) is 2.88. The molecule has 5 heteroatoms. The number of hydrogen-bond donors (Lipinski definition) is 1. The van der Waals surface area contributed by atoms with Crippen LogP contribution < -0.4 is 5.32 Å². The van der Waals surface area contributed by atoms with Gasteiger partial charge in [0.2, 0.25) is 0 Å². The summed E-state index contributed by atoms with van der Waals surface area (Å²) in [6, 6.07) is 12.7. The Morgan fingerprint density at radius 1 is 1.21 bits per heavy atom. The Balaban J connectivity index is 2.41. The summed E-state index contributed by atoms with van der Waals surface area (Å²) in [6.45, 7) is 0. The lowest BCUT2D eigenvalue weighted by atomic mass is 10.0. The minimum atomic E-state index is -2.29. The van der Waals surface area contributed by atoms with Crippen molar-refractivity contribution >= 4 is 28.4 Å². The molecule has 0 aliphatic carbocycles. The van der Waals surface area contributed by atoms with Gasteiger partial charge >= 0.3 is 0 Å². The average Bonchev–Trinajstić information content (AvgIpc) is 2.41. The second-order valence-corrected chi connectivity index (χ2v) is 5.42. The van der Waals surface area contributed by atoms with E-state index in [4.69, 9.17) is 11.6 Å². The Morgan fingerprint density at radius 2 is 1.95 bits per heavy atom. The first-order valence-electron chi connectivity index (χ1n) is 5.75. The van der Waals surface area contributed by atoms with E-state index in [-0.39, 0.29) is 4.90 Å². The molecule has 0 aromatic heterocycles. The highest BCUT2D eigenvalue weighted by molar-refractivity contribution is 7.79. The van der Waals surface area contributed by atoms with Crippen LogP contribution in [0.3, 0.4) is 0 Å². The predicted octanol–water partition coefficient (Wildman–Crippen LogP) is 3.21. The minimum Gasteiger partial charge on any atom is -0.768 e. The maximum atomic E-state index is 11.2. The van der Waals surface area contributed by atoms with Crippen LogP contribution in [0.25, 0.3) is 0 Å². The summed E-state index contributed by atoms with van der Waals surface area (Å²) < 4.78 is 22.5. The standard InChI is InChI=1S/C14H14ClNO2S/c1-16-13-5-3-2-4-10(13)8-11-6-7-12(15)9-14(11)19(17)18/h2-7,9,16H,8H2,1H3,(H,17,18)/p-1. The summed E-state index contributed by atoms with van der Waals surface area (Å²) in [7, 11) is 1.84. The summed E-state index contributed by atoms with van der Waals surface area (Å²) in [5, 5.41) is 3.52. The molecule has 0 saturated carbocycles. The van der Waals surface area contributed by atoms with E-state index in [1.165, 1.54) is 6.07 Å². The number of para-hydroxylation sites is 1. The Labute approximate surface area is 119 Å². The quantitative estimate of drug-likeness (QED) is 0.881. The molecule has 0 saturated heterocycles. The second-order valence-electron chi connectivity index (χ2n) is 4.07. The van der Waals surface area contributed by atoms with Crippen molar-refractivity contribution in [3.05, 3.63) is 58.6 Å². The van der Waals surface area contributed by atoms with Gasteiger partial charge in [-0.15, -0.1) is 0 Å². The first-order valence-corrected chi connectivity index (χ1v) is 7.20. The van der Waals surface area contributed by atoms with Crippen molar-refractivity contribution in [1.82, 2.24) is 0 Å². The van der Waals surface area contributed by atoms with Gasteiger partial charge in [-0.2, -0.15) is 0 Å². The topological polar surface area (TPSA) is 52.2 Å². The summed E-state index contributed by atoms with van der Waals surface area (Å²) in [6.07, 6.45) is 0.539. The van der Waals surface area contributed by atoms with Crippen LogP contribution in [0.15, 0.2) is 47.4 Å². The van der Waals surface area contributed by atoms with Gasteiger partial charge in [-0.1, -0.05) is 35.9 Å². The number of hydrogen-bond acceptors (Lipinski definition) is 3. The molecule has 0 amide bonds. The maximum absolute atomic E-state index is 11.2. The summed E-state index contributed by atoms with van der Waals surface area (Å²) >= 11 is 3.55. The highest BCUT2D eigenvalue weighted by Gasteiger charge is 2.07. The zero-order valence-corrected chi connectivity index (χ0v) is 11.9. The third-order valence-corrected chi connectivity index (χ3v) is 3.85. The molecule has 0 heterocycles. The molecule has 2 aromatic rings. The predicted molar refractivity (Wildman–Crippen MR) is 77.4 cm³/mol. The molecule has 1 atom stereocenters. The molecule has 1 N–H and O–H groups in total. The zero-order valence-electron chi connectivity index (χ0n) is 10.4. The molecule has 3 nitrogen and oxygen atoms in total. The van der Waals surface area contributed by atoms with E-state index in [9.17, 15) is 8.76 Å². The van der Waals surface area contributed by atoms with Gasteiger partial charge < -0.3 is 9.87 Å². The van der Waals surface area contributed by atoms with E-state index in [1.807, 2.05) is 31.3 Å². The Kier molecular flexibility index (Phi) is 4.58. The summed E-state index contributed by atoms with van der Waals surface area (Å²) in [4.78, 5) is 0.249. The number of halogens is 1. The fraction of sp³-hybridized carbons (Fsp3) is 0.143. The van der Waals surface area contributed by atoms with Gasteiger partial charge in [-0.05, 0) is 40.4 Å². The Morgan fingerprint density at radius 3 is 2.63 bits per heavy atom. The van der Waals surface area contributed by atoms with Crippen molar-refractivity contribution in [3.8, 4) is 0 Å². The van der Waals surface area contributed by atoms with E-state index in [0.717, 1.165) is 16.8 Å². The fourth-order valence-corrected chi connectivity index (χ4v) is 2.77. The smallest absolute Gasteiger partial charge is 0.0417 e. The van der Waals surface area contributed by atoms with E-state index < -0.39 is 11.1 Å². The van der Waals surface area contributed by atoms with Crippen molar-refractivity contribution in [2.75, 3.05) is 12.4 Å². The lowest BCUT2D eigenvalue weighted by molar-refractivity contribution is 0.536. The van der Waals surface area contributed by atoms with Crippen LogP contribution in [-0.2, 0) is 17.5 Å². The molecule has 2 rings (SSSR count). The first kappa shape index (κ1) is 14.1. The van der Waals surface area contributed by atoms with E-state index >= 15 is 0 Å². The van der Waals surface area contributed by atoms with Crippen LogP contribution in [-0.4, -0.2) is 15.8 Å². The van der Waals surface area contributed by atoms with Crippen LogP contribution >= 0.6 is 11.6 Å². The van der Waals surface area contributed by atoms with Crippen LogP contribution in [0.1, 0.15) is 11.1 Å². The largest absolute Gasteiger partial charge is 0.768 e. The highest BCUT2D eigenvalue weighted by Crippen LogP contribution is 2.24. The summed E-state index contributed by atoms with van der Waals surface area (Å²) in [5.74, 6) is 0. The normalized spacial score (nSPS) is 12.2. The molecular formula is C14H13ClNO2S-. The van der Waals surface area contributed by atoms with Crippen LogP contribution in [0.2, 0.25) is 5.02 Å². The monoisotopic (exact) mass is 294 g/mol. The lowest BCUT2D eigenvalue weighted by Crippen LogP contribution is -2.01. The average molecular weight is 295 g/mol. The van der Waals surface area contributed by atoms with E-state index in [2.05, 4.69) is 5.32 Å². The Bertz CT molecular complexity index is 616. The third kappa shape index (κ3) is 3.35. The molecule has 0 spiro atoms. The fourth-order valence-electron chi connectivity index (χ4n) is 1.95.